The number of carbonyl (C=O) groups excluding carboxylic acids is 2. The maximum absolute atomic E-state index is 13.2. The van der Waals surface area contributed by atoms with Gasteiger partial charge in [0.2, 0.25) is 11.0 Å². The first-order valence-corrected chi connectivity index (χ1v) is 14.2. The third-order valence-electron chi connectivity index (χ3n) is 6.19. The molecule has 1 aliphatic carbocycles. The van der Waals surface area contributed by atoms with Crippen LogP contribution in [0.4, 0.5) is 10.8 Å². The standard InChI is InChI=1S/C26H20Cl2N6O2S2/c27-16-8-4-9-17(28)23(16)31-20(36)13-37-26-33-32-25(38-26)34-18-10-5-11-19(35)22(18)21(15(12-29)24(34)30)14-6-2-1-3-7-14/h1-4,6-9,21H,5,10-11,13,30H2,(H,31,36). The van der Waals surface area contributed by atoms with E-state index >= 15 is 0 Å². The Hall–Kier alpha value is -3.36. The van der Waals surface area contributed by atoms with Gasteiger partial charge in [0.25, 0.3) is 0 Å². The Kier molecular flexibility index (Phi) is 7.72. The van der Waals surface area contributed by atoms with Crippen LogP contribution in [0, 0.1) is 11.3 Å². The number of nitriles is 1. The molecule has 0 saturated carbocycles. The summed E-state index contributed by atoms with van der Waals surface area (Å²) < 4.78 is 0.529. The number of carbonyl (C=O) groups is 2. The summed E-state index contributed by atoms with van der Waals surface area (Å²) in [5, 5.41) is 22.4. The molecule has 2 heterocycles. The number of nitrogens with one attached hydrogen (secondary N) is 1. The van der Waals surface area contributed by atoms with Gasteiger partial charge in [0.15, 0.2) is 10.1 Å². The largest absolute Gasteiger partial charge is 0.384 e. The lowest BCUT2D eigenvalue weighted by Gasteiger charge is -2.38. The summed E-state index contributed by atoms with van der Waals surface area (Å²) in [6, 6.07) is 16.7. The number of aromatic nitrogens is 2. The number of allylic oxidation sites excluding steroid dienone is 3. The van der Waals surface area contributed by atoms with Crippen molar-refractivity contribution in [3.63, 3.8) is 0 Å². The Labute approximate surface area is 237 Å². The second kappa shape index (κ2) is 11.2. The van der Waals surface area contributed by atoms with Crippen LogP contribution in [-0.2, 0) is 9.59 Å². The van der Waals surface area contributed by atoms with Gasteiger partial charge in [-0.2, -0.15) is 5.26 Å². The van der Waals surface area contributed by atoms with Crippen LogP contribution in [0.3, 0.4) is 0 Å². The van der Waals surface area contributed by atoms with Crippen molar-refractivity contribution in [2.75, 3.05) is 16.0 Å². The number of para-hydroxylation sites is 1. The molecular weight excluding hydrogens is 563 g/mol. The fraction of sp³-hybridized carbons (Fsp3) is 0.192. The van der Waals surface area contributed by atoms with E-state index in [2.05, 4.69) is 21.6 Å². The highest BCUT2D eigenvalue weighted by molar-refractivity contribution is 8.01. The third kappa shape index (κ3) is 5.02. The van der Waals surface area contributed by atoms with Gasteiger partial charge in [-0.05, 0) is 30.5 Å². The predicted octanol–water partition coefficient (Wildman–Crippen LogP) is 5.88. The zero-order valence-electron chi connectivity index (χ0n) is 19.8. The quantitative estimate of drug-likeness (QED) is 0.345. The van der Waals surface area contributed by atoms with Crippen molar-refractivity contribution in [3.8, 4) is 6.07 Å². The molecule has 192 valence electrons. The predicted molar refractivity (Wildman–Crippen MR) is 150 cm³/mol. The minimum Gasteiger partial charge on any atom is -0.384 e. The van der Waals surface area contributed by atoms with Crippen LogP contribution in [-0.4, -0.2) is 27.6 Å². The first kappa shape index (κ1) is 26.3. The number of ketones is 1. The summed E-state index contributed by atoms with van der Waals surface area (Å²) in [6.45, 7) is 0. The Bertz CT molecular complexity index is 1510. The normalized spacial score (nSPS) is 17.3. The molecule has 0 saturated heterocycles. The molecule has 12 heteroatoms. The second-order valence-electron chi connectivity index (χ2n) is 8.51. The summed E-state index contributed by atoms with van der Waals surface area (Å²) in [6.07, 6.45) is 1.71. The van der Waals surface area contributed by atoms with Gasteiger partial charge < -0.3 is 11.1 Å². The lowest BCUT2D eigenvalue weighted by Crippen LogP contribution is -2.38. The van der Waals surface area contributed by atoms with Gasteiger partial charge in [0.05, 0.1) is 39.0 Å². The highest BCUT2D eigenvalue weighted by Gasteiger charge is 2.41. The van der Waals surface area contributed by atoms with E-state index in [9.17, 15) is 14.9 Å². The molecule has 1 aliphatic heterocycles. The summed E-state index contributed by atoms with van der Waals surface area (Å²) >= 11 is 14.7. The monoisotopic (exact) mass is 582 g/mol. The van der Waals surface area contributed by atoms with E-state index in [1.54, 1.807) is 23.1 Å². The molecule has 2 aliphatic rings. The molecule has 0 fully saturated rings. The van der Waals surface area contributed by atoms with E-state index in [0.29, 0.717) is 55.6 Å². The van der Waals surface area contributed by atoms with E-state index in [1.165, 1.54) is 23.1 Å². The number of benzene rings is 2. The van der Waals surface area contributed by atoms with Crippen molar-refractivity contribution in [1.29, 1.82) is 5.26 Å². The van der Waals surface area contributed by atoms with E-state index in [4.69, 9.17) is 28.9 Å². The Balaban J connectivity index is 1.41. The van der Waals surface area contributed by atoms with Crippen LogP contribution in [0.15, 0.2) is 75.5 Å². The van der Waals surface area contributed by atoms with Gasteiger partial charge in [-0.3, -0.25) is 14.5 Å². The molecule has 8 nitrogen and oxygen atoms in total. The number of Topliss-reactive ketones (excluding diaryl/α,β-unsaturated/α-hetero) is 1. The molecule has 5 rings (SSSR count). The van der Waals surface area contributed by atoms with Gasteiger partial charge in [-0.1, -0.05) is 82.7 Å². The summed E-state index contributed by atoms with van der Waals surface area (Å²) in [7, 11) is 0. The van der Waals surface area contributed by atoms with E-state index in [-0.39, 0.29) is 23.3 Å². The zero-order chi connectivity index (χ0) is 26.8. The molecule has 1 atom stereocenters. The highest BCUT2D eigenvalue weighted by Crippen LogP contribution is 2.47. The van der Waals surface area contributed by atoms with Crippen molar-refractivity contribution in [2.45, 2.75) is 29.5 Å². The van der Waals surface area contributed by atoms with Gasteiger partial charge in [-0.25, -0.2) is 0 Å². The molecule has 38 heavy (non-hydrogen) atoms. The number of thioether (sulfide) groups is 1. The average molecular weight is 584 g/mol. The zero-order valence-corrected chi connectivity index (χ0v) is 22.9. The minimum absolute atomic E-state index is 0.000582. The molecule has 0 bridgehead atoms. The molecule has 1 amide bonds. The summed E-state index contributed by atoms with van der Waals surface area (Å²) in [5.74, 6) is -0.553. The van der Waals surface area contributed by atoms with Crippen LogP contribution in [0.2, 0.25) is 10.0 Å². The Morgan fingerprint density at radius 2 is 1.89 bits per heavy atom. The SMILES string of the molecule is N#CC1=C(N)N(c2nnc(SCC(=O)Nc3c(Cl)cccc3Cl)s2)C2=C(C(=O)CCC2)C1c1ccccc1. The number of rotatable bonds is 6. The van der Waals surface area contributed by atoms with E-state index in [0.717, 1.165) is 11.3 Å². The van der Waals surface area contributed by atoms with Gasteiger partial charge >= 0.3 is 0 Å². The minimum atomic E-state index is -0.526. The smallest absolute Gasteiger partial charge is 0.234 e. The highest BCUT2D eigenvalue weighted by atomic mass is 35.5. The molecule has 1 aromatic heterocycles. The van der Waals surface area contributed by atoms with Crippen molar-refractivity contribution in [2.24, 2.45) is 5.73 Å². The number of anilines is 2. The first-order valence-electron chi connectivity index (χ1n) is 11.6. The average Bonchev–Trinajstić information content (AvgIpc) is 3.38. The maximum Gasteiger partial charge on any atom is 0.234 e. The molecule has 2 aromatic carbocycles. The summed E-state index contributed by atoms with van der Waals surface area (Å²) in [5.41, 5.74) is 9.38. The molecule has 0 spiro atoms. The van der Waals surface area contributed by atoms with Crippen LogP contribution >= 0.6 is 46.3 Å². The van der Waals surface area contributed by atoms with Crippen molar-refractivity contribution in [1.82, 2.24) is 10.2 Å². The van der Waals surface area contributed by atoms with Gasteiger partial charge in [-0.15, -0.1) is 10.2 Å². The van der Waals surface area contributed by atoms with Gasteiger partial charge in [0.1, 0.15) is 5.82 Å². The Morgan fingerprint density at radius 3 is 2.61 bits per heavy atom. The molecular formula is C26H20Cl2N6O2S2. The number of nitrogens with two attached hydrogens (primary N) is 1. The van der Waals surface area contributed by atoms with Crippen molar-refractivity contribution in [3.05, 3.63) is 86.8 Å². The lowest BCUT2D eigenvalue weighted by atomic mass is 9.76. The molecule has 1 unspecified atom stereocenters. The molecule has 3 N–H and O–H groups in total. The topological polar surface area (TPSA) is 125 Å². The van der Waals surface area contributed by atoms with Crippen LogP contribution in [0.5, 0.6) is 0 Å². The third-order valence-corrected chi connectivity index (χ3v) is 8.86. The number of nitrogens with zero attached hydrogens (tertiary/aromatic N) is 4. The van der Waals surface area contributed by atoms with Gasteiger partial charge in [0, 0.05) is 17.7 Å². The van der Waals surface area contributed by atoms with Crippen LogP contribution < -0.4 is 16.0 Å². The number of hydrogen-bond acceptors (Lipinski definition) is 9. The fourth-order valence-corrected chi connectivity index (χ4v) is 6.73. The van der Waals surface area contributed by atoms with E-state index in [1.807, 2.05) is 30.3 Å². The second-order valence-corrected chi connectivity index (χ2v) is 11.5. The van der Waals surface area contributed by atoms with Crippen molar-refractivity contribution < 1.29 is 9.59 Å². The van der Waals surface area contributed by atoms with Crippen LogP contribution in [0.25, 0.3) is 0 Å². The molecule has 0 radical (unpaired) electrons. The number of halogens is 2. The van der Waals surface area contributed by atoms with Crippen molar-refractivity contribution >= 4 is 68.8 Å². The number of amides is 1. The fourth-order valence-electron chi connectivity index (χ4n) is 4.55. The number of hydrogen-bond donors (Lipinski definition) is 2. The van der Waals surface area contributed by atoms with E-state index < -0.39 is 5.92 Å². The molecule has 3 aromatic rings. The summed E-state index contributed by atoms with van der Waals surface area (Å²) in [4.78, 5) is 27.4. The Morgan fingerprint density at radius 1 is 1.16 bits per heavy atom. The first-order chi connectivity index (χ1) is 18.4. The maximum atomic E-state index is 13.2. The van der Waals surface area contributed by atoms with Crippen LogP contribution in [0.1, 0.15) is 30.7 Å². The lowest BCUT2D eigenvalue weighted by molar-refractivity contribution is -0.116.